The van der Waals surface area contributed by atoms with Crippen molar-refractivity contribution in [2.75, 3.05) is 13.7 Å². The lowest BCUT2D eigenvalue weighted by Crippen LogP contribution is -2.40. The summed E-state index contributed by atoms with van der Waals surface area (Å²) in [5.74, 6) is -1.48. The highest BCUT2D eigenvalue weighted by Crippen LogP contribution is 2.21. The fourth-order valence-electron chi connectivity index (χ4n) is 3.25. The molecule has 3 rings (SSSR count). The van der Waals surface area contributed by atoms with Crippen molar-refractivity contribution in [2.24, 2.45) is 0 Å². The molecule has 0 atom stereocenters. The van der Waals surface area contributed by atoms with Crippen LogP contribution in [0.4, 0.5) is 0 Å². The maximum Gasteiger partial charge on any atom is 0.420 e. The van der Waals surface area contributed by atoms with E-state index in [2.05, 4.69) is 0 Å². The van der Waals surface area contributed by atoms with Crippen LogP contribution in [0.2, 0.25) is 0 Å². The Morgan fingerprint density at radius 3 is 2.72 bits per heavy atom. The van der Waals surface area contributed by atoms with E-state index >= 15 is 0 Å². The number of likely N-dealkylation sites (N-methyl/N-ethyl adjacent to an activating group) is 1. The second-order valence-electron chi connectivity index (χ2n) is 6.38. The van der Waals surface area contributed by atoms with E-state index in [0.717, 1.165) is 25.7 Å². The monoisotopic (exact) mass is 346 g/mol. The number of fused-ring (bicyclic) bond motifs is 1. The Kier molecular flexibility index (Phi) is 5.21. The van der Waals surface area contributed by atoms with Crippen LogP contribution < -0.4 is 5.76 Å². The standard InChI is InChI=1S/C18H22N2O5/c1-19(13-7-3-2-4-8-13)16(21)12-24-17(22)11-20-14-9-5-6-10-15(14)25-18(20)23/h5-6,9-10,13H,2-4,7-8,11-12H2,1H3. The Morgan fingerprint density at radius 1 is 1.24 bits per heavy atom. The van der Waals surface area contributed by atoms with Gasteiger partial charge in [0.2, 0.25) is 0 Å². The van der Waals surface area contributed by atoms with Crippen LogP contribution in [0, 0.1) is 0 Å². The van der Waals surface area contributed by atoms with Crippen molar-refractivity contribution < 1.29 is 18.7 Å². The predicted molar refractivity (Wildman–Crippen MR) is 91.1 cm³/mol. The van der Waals surface area contributed by atoms with Crippen molar-refractivity contribution in [2.45, 2.75) is 44.7 Å². The number of nitrogens with zero attached hydrogens (tertiary/aromatic N) is 2. The van der Waals surface area contributed by atoms with E-state index in [9.17, 15) is 14.4 Å². The topological polar surface area (TPSA) is 81.8 Å². The molecule has 1 heterocycles. The molecular formula is C18H22N2O5. The summed E-state index contributed by atoms with van der Waals surface area (Å²) >= 11 is 0. The fourth-order valence-corrected chi connectivity index (χ4v) is 3.25. The maximum atomic E-state index is 12.2. The average molecular weight is 346 g/mol. The summed E-state index contributed by atoms with van der Waals surface area (Å²) < 4.78 is 11.3. The third-order valence-electron chi connectivity index (χ3n) is 4.73. The van der Waals surface area contributed by atoms with Crippen LogP contribution in [-0.4, -0.2) is 41.0 Å². The number of carbonyl (C=O) groups excluding carboxylic acids is 2. The smallest absolute Gasteiger partial charge is 0.420 e. The van der Waals surface area contributed by atoms with Crippen LogP contribution in [0.5, 0.6) is 0 Å². The highest BCUT2D eigenvalue weighted by Gasteiger charge is 2.23. The molecule has 0 aliphatic heterocycles. The van der Waals surface area contributed by atoms with Crippen molar-refractivity contribution in [3.63, 3.8) is 0 Å². The number of ether oxygens (including phenoxy) is 1. The van der Waals surface area contributed by atoms with Gasteiger partial charge in [0.05, 0.1) is 5.52 Å². The molecule has 0 saturated heterocycles. The second-order valence-corrected chi connectivity index (χ2v) is 6.38. The number of oxazole rings is 1. The van der Waals surface area contributed by atoms with Crippen LogP contribution in [-0.2, 0) is 20.9 Å². The Bertz CT molecular complexity index is 816. The number of hydrogen-bond donors (Lipinski definition) is 0. The third kappa shape index (κ3) is 3.92. The van der Waals surface area contributed by atoms with Gasteiger partial charge in [-0.3, -0.25) is 14.2 Å². The molecule has 1 aliphatic carbocycles. The van der Waals surface area contributed by atoms with E-state index in [4.69, 9.17) is 9.15 Å². The summed E-state index contributed by atoms with van der Waals surface area (Å²) in [5, 5.41) is 0. The molecule has 25 heavy (non-hydrogen) atoms. The average Bonchev–Trinajstić information content (AvgIpc) is 2.95. The van der Waals surface area contributed by atoms with Gasteiger partial charge in [0.1, 0.15) is 6.54 Å². The van der Waals surface area contributed by atoms with Crippen molar-refractivity contribution in [3.8, 4) is 0 Å². The zero-order valence-electron chi connectivity index (χ0n) is 14.3. The Labute approximate surface area is 145 Å². The number of carbonyl (C=O) groups is 2. The van der Waals surface area contributed by atoms with Gasteiger partial charge in [-0.1, -0.05) is 31.4 Å². The van der Waals surface area contributed by atoms with E-state index in [1.807, 2.05) is 0 Å². The van der Waals surface area contributed by atoms with Crippen molar-refractivity contribution in [3.05, 3.63) is 34.8 Å². The van der Waals surface area contributed by atoms with Crippen molar-refractivity contribution in [1.82, 2.24) is 9.47 Å². The lowest BCUT2D eigenvalue weighted by Gasteiger charge is -2.31. The van der Waals surface area contributed by atoms with E-state index in [-0.39, 0.29) is 25.1 Å². The number of para-hydroxylation sites is 2. The molecule has 1 saturated carbocycles. The molecule has 0 bridgehead atoms. The number of amides is 1. The summed E-state index contributed by atoms with van der Waals surface area (Å²) in [5.41, 5.74) is 0.934. The highest BCUT2D eigenvalue weighted by molar-refractivity contribution is 5.81. The van der Waals surface area contributed by atoms with Gasteiger partial charge in [-0.15, -0.1) is 0 Å². The Morgan fingerprint density at radius 2 is 1.96 bits per heavy atom. The van der Waals surface area contributed by atoms with Gasteiger partial charge in [-0.25, -0.2) is 4.79 Å². The first-order valence-corrected chi connectivity index (χ1v) is 8.56. The minimum atomic E-state index is -0.640. The molecule has 0 N–H and O–H groups in total. The summed E-state index contributed by atoms with van der Waals surface area (Å²) in [6.45, 7) is -0.591. The Balaban J connectivity index is 1.56. The van der Waals surface area contributed by atoms with Gasteiger partial charge >= 0.3 is 11.7 Å². The molecule has 134 valence electrons. The lowest BCUT2D eigenvalue weighted by atomic mass is 9.94. The van der Waals surface area contributed by atoms with E-state index in [0.29, 0.717) is 11.1 Å². The predicted octanol–water partition coefficient (Wildman–Crippen LogP) is 1.93. The molecule has 2 aromatic rings. The minimum absolute atomic E-state index is 0.218. The molecule has 1 aliphatic rings. The molecule has 1 aromatic carbocycles. The first-order valence-electron chi connectivity index (χ1n) is 8.56. The van der Waals surface area contributed by atoms with E-state index < -0.39 is 11.7 Å². The van der Waals surface area contributed by atoms with Gasteiger partial charge in [0.15, 0.2) is 12.2 Å². The highest BCUT2D eigenvalue weighted by atomic mass is 16.5. The van der Waals surface area contributed by atoms with E-state index in [1.165, 1.54) is 11.0 Å². The van der Waals surface area contributed by atoms with Crippen LogP contribution in [0.15, 0.2) is 33.5 Å². The second kappa shape index (κ2) is 7.55. The molecule has 0 unspecified atom stereocenters. The number of aromatic nitrogens is 1. The van der Waals surface area contributed by atoms with Crippen molar-refractivity contribution in [1.29, 1.82) is 0 Å². The third-order valence-corrected chi connectivity index (χ3v) is 4.73. The van der Waals surface area contributed by atoms with Crippen LogP contribution in [0.25, 0.3) is 11.1 Å². The molecule has 1 aromatic heterocycles. The fraction of sp³-hybridized carbons (Fsp3) is 0.500. The van der Waals surface area contributed by atoms with Gasteiger partial charge in [-0.05, 0) is 25.0 Å². The number of benzene rings is 1. The maximum absolute atomic E-state index is 12.2. The summed E-state index contributed by atoms with van der Waals surface area (Å²) in [6.07, 6.45) is 5.44. The molecule has 0 spiro atoms. The summed E-state index contributed by atoms with van der Waals surface area (Å²) in [7, 11) is 1.75. The molecule has 7 nitrogen and oxygen atoms in total. The van der Waals surface area contributed by atoms with Gasteiger partial charge < -0.3 is 14.1 Å². The zero-order valence-corrected chi connectivity index (χ0v) is 14.3. The number of hydrogen-bond acceptors (Lipinski definition) is 5. The number of esters is 1. The van der Waals surface area contributed by atoms with Gasteiger partial charge in [0.25, 0.3) is 5.91 Å². The quantitative estimate of drug-likeness (QED) is 0.773. The van der Waals surface area contributed by atoms with Crippen LogP contribution in [0.3, 0.4) is 0 Å². The normalized spacial score (nSPS) is 15.2. The summed E-state index contributed by atoms with van der Waals surface area (Å²) in [4.78, 5) is 37.7. The molecule has 1 amide bonds. The largest absolute Gasteiger partial charge is 0.454 e. The molecule has 7 heteroatoms. The molecule has 0 radical (unpaired) electrons. The van der Waals surface area contributed by atoms with Gasteiger partial charge in [-0.2, -0.15) is 0 Å². The summed E-state index contributed by atoms with van der Waals surface area (Å²) in [6, 6.07) is 7.06. The van der Waals surface area contributed by atoms with Crippen LogP contribution >= 0.6 is 0 Å². The van der Waals surface area contributed by atoms with Crippen molar-refractivity contribution >= 4 is 23.0 Å². The lowest BCUT2D eigenvalue weighted by molar-refractivity contribution is -0.153. The minimum Gasteiger partial charge on any atom is -0.454 e. The van der Waals surface area contributed by atoms with Gasteiger partial charge in [0, 0.05) is 13.1 Å². The first-order chi connectivity index (χ1) is 12.1. The first kappa shape index (κ1) is 17.3. The molecule has 1 fully saturated rings. The Hall–Kier alpha value is -2.57. The SMILES string of the molecule is CN(C(=O)COC(=O)Cn1c(=O)oc2ccccc21)C1CCCCC1. The van der Waals surface area contributed by atoms with Crippen LogP contribution in [0.1, 0.15) is 32.1 Å². The number of rotatable bonds is 5. The molecular weight excluding hydrogens is 324 g/mol. The zero-order chi connectivity index (χ0) is 17.8. The van der Waals surface area contributed by atoms with E-state index in [1.54, 1.807) is 36.2 Å².